The summed E-state index contributed by atoms with van der Waals surface area (Å²) in [5.74, 6) is 0.228. The van der Waals surface area contributed by atoms with Crippen LogP contribution in [0.4, 0.5) is 0 Å². The van der Waals surface area contributed by atoms with E-state index >= 15 is 0 Å². The number of hydrogen-bond acceptors (Lipinski definition) is 6. The number of aliphatic hydroxyl groups excluding tert-OH is 1. The van der Waals surface area contributed by atoms with Gasteiger partial charge in [0, 0.05) is 12.8 Å². The molecule has 0 spiro atoms. The van der Waals surface area contributed by atoms with Gasteiger partial charge in [0.2, 0.25) is 0 Å². The summed E-state index contributed by atoms with van der Waals surface area (Å²) < 4.78 is 16.0. The molecule has 1 rings (SSSR count). The van der Waals surface area contributed by atoms with E-state index in [1.165, 1.54) is 116 Å². The van der Waals surface area contributed by atoms with E-state index < -0.39 is 6.10 Å². The minimum absolute atomic E-state index is 0.134. The molecule has 0 aromatic carbocycles. The topological polar surface area (TPSA) is 85.4 Å². The fourth-order valence-corrected chi connectivity index (χ4v) is 6.36. The fraction of sp³-hybridized carbons (Fsp3) is 0.822. The van der Waals surface area contributed by atoms with E-state index in [2.05, 4.69) is 57.2 Å². The molecule has 0 amide bonds. The van der Waals surface area contributed by atoms with Crippen LogP contribution in [0.2, 0.25) is 0 Å². The molecule has 0 radical (unpaired) electrons. The van der Waals surface area contributed by atoms with Gasteiger partial charge in [-0.05, 0) is 50.9 Å². The zero-order valence-electron chi connectivity index (χ0n) is 33.5. The number of rotatable bonds is 37. The van der Waals surface area contributed by atoms with Gasteiger partial charge in [0.15, 0.2) is 0 Å². The molecular formula is C45H80O6. The predicted molar refractivity (Wildman–Crippen MR) is 214 cm³/mol. The number of carbonyl (C=O) groups excluding carboxylic acids is 2. The first-order valence-electron chi connectivity index (χ1n) is 21.5. The van der Waals surface area contributed by atoms with Crippen LogP contribution >= 0.6 is 0 Å². The second-order valence-electron chi connectivity index (χ2n) is 15.3. The van der Waals surface area contributed by atoms with Crippen LogP contribution in [0.1, 0.15) is 201 Å². The minimum atomic E-state index is -0.988. The molecule has 0 aromatic heterocycles. The molecule has 0 saturated carbocycles. The van der Waals surface area contributed by atoms with Gasteiger partial charge in [0.25, 0.3) is 0 Å². The van der Waals surface area contributed by atoms with E-state index in [1.54, 1.807) is 0 Å². The summed E-state index contributed by atoms with van der Waals surface area (Å²) in [6.07, 6.45) is 45.3. The molecule has 3 atom stereocenters. The molecule has 1 heterocycles. The number of allylic oxidation sites excluding steroid dienone is 5. The Kier molecular flexibility index (Phi) is 32.4. The van der Waals surface area contributed by atoms with Gasteiger partial charge in [0.1, 0.15) is 19.3 Å². The maximum Gasteiger partial charge on any atom is 0.305 e. The Balaban J connectivity index is 1.82. The van der Waals surface area contributed by atoms with Crippen molar-refractivity contribution in [1.29, 1.82) is 0 Å². The molecule has 6 nitrogen and oxygen atoms in total. The van der Waals surface area contributed by atoms with Crippen LogP contribution in [0.5, 0.6) is 0 Å². The Morgan fingerprint density at radius 3 is 1.59 bits per heavy atom. The average Bonchev–Trinajstić information content (AvgIpc) is 3.87. The molecular weight excluding hydrogens is 636 g/mol. The minimum Gasteiger partial charge on any atom is -0.463 e. The number of unbranched alkanes of at least 4 members (excludes halogenated alkanes) is 18. The van der Waals surface area contributed by atoms with Crippen LogP contribution in [0.25, 0.3) is 0 Å². The van der Waals surface area contributed by atoms with Crippen LogP contribution in [-0.2, 0) is 23.8 Å². The lowest BCUT2D eigenvalue weighted by Crippen LogP contribution is -2.25. The molecule has 0 bridgehead atoms. The van der Waals surface area contributed by atoms with E-state index in [4.69, 9.17) is 14.2 Å². The summed E-state index contributed by atoms with van der Waals surface area (Å²) in [4.78, 5) is 24.0. The van der Waals surface area contributed by atoms with E-state index in [0.717, 1.165) is 50.9 Å². The van der Waals surface area contributed by atoms with E-state index in [-0.39, 0.29) is 25.2 Å². The van der Waals surface area contributed by atoms with E-state index in [0.29, 0.717) is 31.5 Å². The second kappa shape index (κ2) is 35.1. The first-order valence-corrected chi connectivity index (χ1v) is 21.5. The van der Waals surface area contributed by atoms with Gasteiger partial charge < -0.3 is 19.3 Å². The first-order chi connectivity index (χ1) is 24.9. The van der Waals surface area contributed by atoms with Gasteiger partial charge >= 0.3 is 11.9 Å². The quantitative estimate of drug-likeness (QED) is 0.0298. The predicted octanol–water partition coefficient (Wildman–Crippen LogP) is 12.5. The Hall–Kier alpha value is -1.92. The fourth-order valence-electron chi connectivity index (χ4n) is 6.36. The van der Waals surface area contributed by atoms with Crippen molar-refractivity contribution in [2.75, 3.05) is 13.2 Å². The molecule has 1 N–H and O–H groups in total. The molecule has 1 aliphatic rings. The number of ether oxygens (including phenoxy) is 3. The molecule has 296 valence electrons. The van der Waals surface area contributed by atoms with Crippen molar-refractivity contribution in [3.05, 3.63) is 36.5 Å². The third kappa shape index (κ3) is 33.7. The molecule has 2 unspecified atom stereocenters. The summed E-state index contributed by atoms with van der Waals surface area (Å²) in [6.45, 7) is 6.59. The summed E-state index contributed by atoms with van der Waals surface area (Å²) >= 11 is 0. The number of epoxide rings is 1. The van der Waals surface area contributed by atoms with Gasteiger partial charge in [0.05, 0.1) is 12.2 Å². The summed E-state index contributed by atoms with van der Waals surface area (Å²) in [5, 5.41) is 10.0. The highest BCUT2D eigenvalue weighted by Gasteiger charge is 2.36. The van der Waals surface area contributed by atoms with Gasteiger partial charge in [-0.3, -0.25) is 9.59 Å². The highest BCUT2D eigenvalue weighted by molar-refractivity contribution is 5.69. The lowest BCUT2D eigenvalue weighted by Gasteiger charge is -2.12. The van der Waals surface area contributed by atoms with Gasteiger partial charge in [-0.1, -0.05) is 179 Å². The van der Waals surface area contributed by atoms with Gasteiger partial charge in [-0.15, -0.1) is 0 Å². The molecule has 1 fully saturated rings. The molecule has 51 heavy (non-hydrogen) atoms. The van der Waals surface area contributed by atoms with Crippen LogP contribution in [0.3, 0.4) is 0 Å². The SMILES string of the molecule is CCCCCC1OC1C/C=C\C/C=C\C/C=C\CCCC(=O)OC[C@@H](O)COC(=O)CCCCCCCCCCCCCCCCCCC(C)C. The molecule has 6 heteroatoms. The van der Waals surface area contributed by atoms with Crippen LogP contribution in [-0.4, -0.2) is 48.6 Å². The largest absolute Gasteiger partial charge is 0.463 e. The van der Waals surface area contributed by atoms with Crippen molar-refractivity contribution in [2.24, 2.45) is 5.92 Å². The summed E-state index contributed by atoms with van der Waals surface area (Å²) in [7, 11) is 0. The van der Waals surface area contributed by atoms with E-state index in [1.807, 2.05) is 0 Å². The standard InChI is InChI=1S/C45H80O6/c1-4-5-28-34-42-43(51-42)35-30-25-21-17-14-15-19-23-27-32-37-45(48)50-39-41(46)38-49-44(47)36-31-26-22-18-13-11-9-7-6-8-10-12-16-20-24-29-33-40(2)3/h14,17,19,23,25,30,40-43,46H,4-13,15-16,18,20-22,24,26-29,31-39H2,1-3H3/b17-14-,23-19-,30-25-/t41-,42?,43?/m0/s1. The van der Waals surface area contributed by atoms with Gasteiger partial charge in [-0.2, -0.15) is 0 Å². The van der Waals surface area contributed by atoms with Crippen LogP contribution in [0.15, 0.2) is 36.5 Å². The normalized spacial score (nSPS) is 16.6. The van der Waals surface area contributed by atoms with Crippen molar-refractivity contribution in [2.45, 2.75) is 219 Å². The maximum atomic E-state index is 12.0. The Morgan fingerprint density at radius 2 is 1.06 bits per heavy atom. The highest BCUT2D eigenvalue weighted by atomic mass is 16.6. The molecule has 1 aliphatic heterocycles. The maximum absolute atomic E-state index is 12.0. The number of esters is 2. The summed E-state index contributed by atoms with van der Waals surface area (Å²) in [5.41, 5.74) is 0. The summed E-state index contributed by atoms with van der Waals surface area (Å²) in [6, 6.07) is 0. The average molecular weight is 717 g/mol. The van der Waals surface area contributed by atoms with E-state index in [9.17, 15) is 14.7 Å². The van der Waals surface area contributed by atoms with Crippen molar-refractivity contribution in [1.82, 2.24) is 0 Å². The second-order valence-corrected chi connectivity index (χ2v) is 15.3. The lowest BCUT2D eigenvalue weighted by atomic mass is 10.0. The van der Waals surface area contributed by atoms with Crippen molar-refractivity contribution < 1.29 is 28.9 Å². The van der Waals surface area contributed by atoms with Crippen molar-refractivity contribution >= 4 is 11.9 Å². The van der Waals surface area contributed by atoms with Gasteiger partial charge in [-0.25, -0.2) is 0 Å². The van der Waals surface area contributed by atoms with Crippen LogP contribution in [0, 0.1) is 5.92 Å². The lowest BCUT2D eigenvalue weighted by molar-refractivity contribution is -0.152. The third-order valence-corrected chi connectivity index (χ3v) is 9.73. The van der Waals surface area contributed by atoms with Crippen molar-refractivity contribution in [3.8, 4) is 0 Å². The Labute approximate surface area is 314 Å². The number of carbonyl (C=O) groups is 2. The zero-order valence-corrected chi connectivity index (χ0v) is 33.5. The van der Waals surface area contributed by atoms with Crippen LogP contribution < -0.4 is 0 Å². The number of hydrogen-bond donors (Lipinski definition) is 1. The molecule has 0 aliphatic carbocycles. The smallest absolute Gasteiger partial charge is 0.305 e. The monoisotopic (exact) mass is 717 g/mol. The Bertz CT molecular complexity index is 893. The van der Waals surface area contributed by atoms with Crippen molar-refractivity contribution in [3.63, 3.8) is 0 Å². The third-order valence-electron chi connectivity index (χ3n) is 9.73. The first kappa shape index (κ1) is 47.1. The molecule has 1 saturated heterocycles. The molecule has 0 aromatic rings. The zero-order chi connectivity index (χ0) is 37.0. The number of aliphatic hydroxyl groups is 1. The highest BCUT2D eigenvalue weighted by Crippen LogP contribution is 2.30. The Morgan fingerprint density at radius 1 is 0.588 bits per heavy atom.